The topological polar surface area (TPSA) is 78.4 Å². The Morgan fingerprint density at radius 1 is 1.23 bits per heavy atom. The Morgan fingerprint density at radius 3 is 2.38 bits per heavy atom. The number of carboxylic acid groups (broad SMARTS) is 1. The minimum Gasteiger partial charge on any atom is -0.480 e. The number of hydrogen-bond acceptors (Lipinski definition) is 4. The van der Waals surface area contributed by atoms with Gasteiger partial charge in [-0.25, -0.2) is 0 Å². The second-order valence-electron chi connectivity index (χ2n) is 7.17. The Hall–Kier alpha value is -1.24. The molecular formula is C19H29ClN2O3S. The molecule has 0 aliphatic carbocycles. The van der Waals surface area contributed by atoms with Gasteiger partial charge in [0.05, 0.1) is 11.4 Å². The average Bonchev–Trinajstić information content (AvgIpc) is 3.04. The van der Waals surface area contributed by atoms with Crippen LogP contribution in [0.1, 0.15) is 44.7 Å². The molecule has 26 heavy (non-hydrogen) atoms. The van der Waals surface area contributed by atoms with E-state index in [2.05, 4.69) is 55.7 Å². The molecule has 1 aliphatic rings. The highest BCUT2D eigenvalue weighted by atomic mass is 35.5. The van der Waals surface area contributed by atoms with E-state index >= 15 is 0 Å². The van der Waals surface area contributed by atoms with Crippen molar-refractivity contribution in [1.29, 1.82) is 0 Å². The number of rotatable bonds is 7. The van der Waals surface area contributed by atoms with Crippen LogP contribution >= 0.6 is 24.2 Å². The normalized spacial score (nSPS) is 21.7. The van der Waals surface area contributed by atoms with Gasteiger partial charge < -0.3 is 10.4 Å². The summed E-state index contributed by atoms with van der Waals surface area (Å²) in [7, 11) is 0. The third kappa shape index (κ3) is 6.18. The summed E-state index contributed by atoms with van der Waals surface area (Å²) in [6.45, 7) is 8.06. The molecule has 1 fully saturated rings. The molecule has 0 radical (unpaired) electrons. The zero-order valence-corrected chi connectivity index (χ0v) is 17.3. The number of carbonyl (C=O) groups excluding carboxylic acids is 1. The van der Waals surface area contributed by atoms with Crippen molar-refractivity contribution in [2.75, 3.05) is 5.75 Å². The van der Waals surface area contributed by atoms with E-state index in [0.29, 0.717) is 11.7 Å². The highest BCUT2D eigenvalue weighted by Crippen LogP contribution is 2.32. The van der Waals surface area contributed by atoms with E-state index < -0.39 is 12.0 Å². The van der Waals surface area contributed by atoms with Crippen molar-refractivity contribution >= 4 is 36.0 Å². The van der Waals surface area contributed by atoms with Crippen LogP contribution in [0.25, 0.3) is 0 Å². The first-order chi connectivity index (χ1) is 11.8. The average molecular weight is 401 g/mol. The third-order valence-electron chi connectivity index (χ3n) is 4.46. The van der Waals surface area contributed by atoms with Crippen molar-refractivity contribution in [2.24, 2.45) is 5.92 Å². The summed E-state index contributed by atoms with van der Waals surface area (Å²) < 4.78 is 0. The van der Waals surface area contributed by atoms with Gasteiger partial charge in [-0.2, -0.15) is 0 Å². The van der Waals surface area contributed by atoms with Gasteiger partial charge in [0.25, 0.3) is 0 Å². The number of halogens is 1. The Balaban J connectivity index is 0.00000338. The van der Waals surface area contributed by atoms with Gasteiger partial charge in [-0.05, 0) is 30.4 Å². The summed E-state index contributed by atoms with van der Waals surface area (Å²) in [4.78, 5) is 23.0. The predicted molar refractivity (Wildman–Crippen MR) is 109 cm³/mol. The van der Waals surface area contributed by atoms with Gasteiger partial charge in [0.2, 0.25) is 5.91 Å². The maximum Gasteiger partial charge on any atom is 0.325 e. The highest BCUT2D eigenvalue weighted by Gasteiger charge is 2.34. The van der Waals surface area contributed by atoms with Crippen molar-refractivity contribution in [3.05, 3.63) is 35.4 Å². The molecular weight excluding hydrogens is 372 g/mol. The fourth-order valence-electron chi connectivity index (χ4n) is 2.91. The first kappa shape index (κ1) is 22.8. The lowest BCUT2D eigenvalue weighted by atomic mass is 9.96. The fourth-order valence-corrected chi connectivity index (χ4v) is 4.27. The van der Waals surface area contributed by atoms with Gasteiger partial charge in [-0.15, -0.1) is 24.2 Å². The van der Waals surface area contributed by atoms with E-state index in [1.807, 2.05) is 0 Å². The van der Waals surface area contributed by atoms with Crippen LogP contribution in [-0.2, 0) is 16.0 Å². The standard InChI is InChI=1S/C19H28N2O3S.ClH/c1-11(2)9-14-5-7-15(8-6-14)12(3)18-21-16(10-25-18)17(22)20-13(4)19(23)24;/h5-8,11-13,16,18,21H,9-10H2,1-4H3,(H,20,22)(H,23,24);1H/t12?,13-,16-,18?;/m0./s1. The van der Waals surface area contributed by atoms with Crippen molar-refractivity contribution < 1.29 is 14.7 Å². The van der Waals surface area contributed by atoms with Crippen molar-refractivity contribution in [3.8, 4) is 0 Å². The van der Waals surface area contributed by atoms with Gasteiger partial charge in [0.15, 0.2) is 0 Å². The second kappa shape index (κ2) is 10.2. The molecule has 1 aromatic rings. The summed E-state index contributed by atoms with van der Waals surface area (Å²) in [6, 6.07) is 7.49. The molecule has 2 rings (SSSR count). The molecule has 1 aromatic carbocycles. The second-order valence-corrected chi connectivity index (χ2v) is 8.34. The minimum atomic E-state index is -1.02. The SMILES string of the molecule is CC(C)Cc1ccc(C(C)C2N[C@H](C(=O)N[C@@H](C)C(=O)O)CS2)cc1.Cl. The number of amides is 1. The van der Waals surface area contributed by atoms with E-state index in [0.717, 1.165) is 6.42 Å². The molecule has 2 unspecified atom stereocenters. The Kier molecular flexibility index (Phi) is 8.93. The van der Waals surface area contributed by atoms with Crippen LogP contribution in [0.3, 0.4) is 0 Å². The molecule has 4 atom stereocenters. The minimum absolute atomic E-state index is 0. The molecule has 1 heterocycles. The van der Waals surface area contributed by atoms with E-state index in [-0.39, 0.29) is 35.6 Å². The number of benzene rings is 1. The molecule has 0 saturated carbocycles. The molecule has 3 N–H and O–H groups in total. The maximum absolute atomic E-state index is 12.2. The van der Waals surface area contributed by atoms with Gasteiger partial charge in [0.1, 0.15) is 6.04 Å². The van der Waals surface area contributed by atoms with Crippen LogP contribution in [0.15, 0.2) is 24.3 Å². The number of hydrogen-bond donors (Lipinski definition) is 3. The monoisotopic (exact) mass is 400 g/mol. The Morgan fingerprint density at radius 2 is 1.85 bits per heavy atom. The Labute approximate surface area is 166 Å². The van der Waals surface area contributed by atoms with Gasteiger partial charge in [0, 0.05) is 11.7 Å². The highest BCUT2D eigenvalue weighted by molar-refractivity contribution is 8.00. The van der Waals surface area contributed by atoms with Crippen LogP contribution < -0.4 is 10.6 Å². The fraction of sp³-hybridized carbons (Fsp3) is 0.579. The number of thioether (sulfide) groups is 1. The largest absolute Gasteiger partial charge is 0.480 e. The molecule has 0 spiro atoms. The summed E-state index contributed by atoms with van der Waals surface area (Å²) >= 11 is 1.71. The molecule has 5 nitrogen and oxygen atoms in total. The first-order valence-electron chi connectivity index (χ1n) is 8.77. The van der Waals surface area contributed by atoms with E-state index in [9.17, 15) is 9.59 Å². The maximum atomic E-state index is 12.2. The zero-order chi connectivity index (χ0) is 18.6. The lowest BCUT2D eigenvalue weighted by molar-refractivity contribution is -0.141. The summed E-state index contributed by atoms with van der Waals surface area (Å²) in [5.74, 6) is 0.295. The van der Waals surface area contributed by atoms with Gasteiger partial charge >= 0.3 is 5.97 Å². The molecule has 1 amide bonds. The summed E-state index contributed by atoms with van der Waals surface area (Å²) in [5.41, 5.74) is 2.59. The van der Waals surface area contributed by atoms with Crippen LogP contribution in [0.5, 0.6) is 0 Å². The van der Waals surface area contributed by atoms with E-state index in [1.165, 1.54) is 18.1 Å². The quantitative estimate of drug-likeness (QED) is 0.655. The first-order valence-corrected chi connectivity index (χ1v) is 9.82. The third-order valence-corrected chi connectivity index (χ3v) is 5.89. The Bertz CT molecular complexity index is 609. The summed E-state index contributed by atoms with van der Waals surface area (Å²) in [6.07, 6.45) is 1.08. The molecule has 0 aromatic heterocycles. The molecule has 7 heteroatoms. The summed E-state index contributed by atoms with van der Waals surface area (Å²) in [5, 5.41) is 14.9. The van der Waals surface area contributed by atoms with Crippen LogP contribution in [0.2, 0.25) is 0 Å². The smallest absolute Gasteiger partial charge is 0.325 e. The molecule has 1 saturated heterocycles. The van der Waals surface area contributed by atoms with Crippen LogP contribution in [0.4, 0.5) is 0 Å². The lowest BCUT2D eigenvalue weighted by Gasteiger charge is -2.21. The molecule has 146 valence electrons. The predicted octanol–water partition coefficient (Wildman–Crippen LogP) is 3.03. The van der Waals surface area contributed by atoms with Gasteiger partial charge in [-0.3, -0.25) is 14.9 Å². The van der Waals surface area contributed by atoms with Crippen molar-refractivity contribution in [2.45, 2.75) is 57.5 Å². The number of carboxylic acids is 1. The number of aliphatic carboxylic acids is 1. The van der Waals surface area contributed by atoms with E-state index in [1.54, 1.807) is 11.8 Å². The van der Waals surface area contributed by atoms with Crippen LogP contribution in [0, 0.1) is 5.92 Å². The van der Waals surface area contributed by atoms with E-state index in [4.69, 9.17) is 5.11 Å². The molecule has 1 aliphatic heterocycles. The van der Waals surface area contributed by atoms with Crippen molar-refractivity contribution in [1.82, 2.24) is 10.6 Å². The molecule has 0 bridgehead atoms. The number of nitrogens with one attached hydrogen (secondary N) is 2. The van der Waals surface area contributed by atoms with Crippen molar-refractivity contribution in [3.63, 3.8) is 0 Å². The number of carbonyl (C=O) groups is 2. The zero-order valence-electron chi connectivity index (χ0n) is 15.7. The van der Waals surface area contributed by atoms with Gasteiger partial charge in [-0.1, -0.05) is 45.0 Å². The van der Waals surface area contributed by atoms with Crippen LogP contribution in [-0.4, -0.2) is 40.2 Å². The lowest BCUT2D eigenvalue weighted by Crippen LogP contribution is -2.49.